The molecule has 8 heteroatoms. The van der Waals surface area contributed by atoms with Crippen LogP contribution in [0.1, 0.15) is 39.9 Å². The van der Waals surface area contributed by atoms with Crippen LogP contribution >= 0.6 is 11.6 Å². The molecule has 0 N–H and O–H groups in total. The minimum absolute atomic E-state index is 0.217. The monoisotopic (exact) mass is 423 g/mol. The highest BCUT2D eigenvalue weighted by Gasteiger charge is 2.53. The van der Waals surface area contributed by atoms with Gasteiger partial charge in [0, 0.05) is 50.5 Å². The van der Waals surface area contributed by atoms with E-state index in [0.29, 0.717) is 50.4 Å². The number of ether oxygens (including phenoxy) is 2. The average molecular weight is 424 g/mol. The van der Waals surface area contributed by atoms with Gasteiger partial charge in [0.15, 0.2) is 0 Å². The summed E-state index contributed by atoms with van der Waals surface area (Å²) in [7, 11) is 0. The van der Waals surface area contributed by atoms with Gasteiger partial charge >= 0.3 is 5.97 Å². The Bertz CT molecular complexity index is 1110. The summed E-state index contributed by atoms with van der Waals surface area (Å²) < 4.78 is 12.0. The SMILES string of the molecule is O=C1OC2(CCN(C3=NC(=O)C4(Cc5ccccc5C4)O3)CC2)c2cnc(Cl)cc21. The maximum Gasteiger partial charge on any atom is 0.339 e. The molecular weight excluding hydrogens is 406 g/mol. The molecule has 1 fully saturated rings. The first-order chi connectivity index (χ1) is 14.5. The van der Waals surface area contributed by atoms with Crippen molar-refractivity contribution >= 4 is 29.5 Å². The summed E-state index contributed by atoms with van der Waals surface area (Å²) >= 11 is 5.94. The molecule has 0 atom stereocenters. The van der Waals surface area contributed by atoms with Gasteiger partial charge in [-0.25, -0.2) is 9.78 Å². The zero-order valence-electron chi connectivity index (χ0n) is 16.1. The van der Waals surface area contributed by atoms with Crippen molar-refractivity contribution in [2.45, 2.75) is 36.9 Å². The normalized spacial score (nSPS) is 22.7. The molecule has 2 spiro atoms. The molecule has 1 amide bonds. The van der Waals surface area contributed by atoms with Crippen molar-refractivity contribution in [3.63, 3.8) is 0 Å². The molecule has 0 saturated carbocycles. The summed E-state index contributed by atoms with van der Waals surface area (Å²) in [5.41, 5.74) is 1.92. The fraction of sp³-hybridized carbons (Fsp3) is 0.364. The summed E-state index contributed by atoms with van der Waals surface area (Å²) in [5, 5.41) is 0.273. The van der Waals surface area contributed by atoms with Crippen molar-refractivity contribution in [3.05, 3.63) is 63.9 Å². The fourth-order valence-corrected chi connectivity index (χ4v) is 5.21. The van der Waals surface area contributed by atoms with Gasteiger partial charge in [0.2, 0.25) is 5.60 Å². The predicted octanol–water partition coefficient (Wildman–Crippen LogP) is 2.65. The number of amidine groups is 1. The van der Waals surface area contributed by atoms with Crippen LogP contribution in [0.15, 0.2) is 41.5 Å². The molecule has 4 heterocycles. The molecule has 7 nitrogen and oxygen atoms in total. The number of pyridine rings is 1. The third-order valence-electron chi connectivity index (χ3n) is 6.66. The summed E-state index contributed by atoms with van der Waals surface area (Å²) in [4.78, 5) is 35.5. The number of hydrogen-bond acceptors (Lipinski definition) is 6. The minimum atomic E-state index is -0.915. The molecule has 0 unspecified atom stereocenters. The Balaban J connectivity index is 1.20. The van der Waals surface area contributed by atoms with E-state index < -0.39 is 11.2 Å². The second kappa shape index (κ2) is 6.04. The average Bonchev–Trinajstić information content (AvgIpc) is 3.35. The van der Waals surface area contributed by atoms with Gasteiger partial charge in [0.25, 0.3) is 11.9 Å². The lowest BCUT2D eigenvalue weighted by atomic mass is 9.85. The van der Waals surface area contributed by atoms with Gasteiger partial charge < -0.3 is 14.4 Å². The van der Waals surface area contributed by atoms with E-state index in [1.807, 2.05) is 29.2 Å². The number of rotatable bonds is 0. The number of likely N-dealkylation sites (tertiary alicyclic amines) is 1. The third-order valence-corrected chi connectivity index (χ3v) is 6.86. The molecule has 6 rings (SSSR count). The number of halogens is 1. The zero-order valence-corrected chi connectivity index (χ0v) is 16.8. The molecule has 4 aliphatic rings. The number of esters is 1. The summed E-state index contributed by atoms with van der Waals surface area (Å²) in [6.45, 7) is 1.12. The maximum atomic E-state index is 12.8. The van der Waals surface area contributed by atoms with Crippen molar-refractivity contribution < 1.29 is 19.1 Å². The van der Waals surface area contributed by atoms with Crippen LogP contribution in [0, 0.1) is 0 Å². The minimum Gasteiger partial charge on any atom is -0.450 e. The molecule has 0 radical (unpaired) electrons. The van der Waals surface area contributed by atoms with Crippen LogP contribution in [0.4, 0.5) is 0 Å². The van der Waals surface area contributed by atoms with Crippen molar-refractivity contribution in [1.29, 1.82) is 0 Å². The number of carbonyl (C=O) groups excluding carboxylic acids is 2. The van der Waals surface area contributed by atoms with Crippen LogP contribution in [0.5, 0.6) is 0 Å². The number of carbonyl (C=O) groups is 2. The molecule has 1 aromatic carbocycles. The smallest absolute Gasteiger partial charge is 0.339 e. The number of aliphatic imine (C=N–C) groups is 1. The van der Waals surface area contributed by atoms with Gasteiger partial charge in [-0.05, 0) is 17.2 Å². The summed E-state index contributed by atoms with van der Waals surface area (Å²) in [6.07, 6.45) is 3.86. The van der Waals surface area contributed by atoms with E-state index in [9.17, 15) is 9.59 Å². The van der Waals surface area contributed by atoms with E-state index in [0.717, 1.165) is 16.7 Å². The molecule has 1 aliphatic carbocycles. The Morgan fingerprint density at radius 2 is 1.70 bits per heavy atom. The van der Waals surface area contributed by atoms with Gasteiger partial charge in [-0.1, -0.05) is 35.9 Å². The van der Waals surface area contributed by atoms with Gasteiger partial charge in [0.1, 0.15) is 10.8 Å². The number of nitrogens with zero attached hydrogens (tertiary/aromatic N) is 3. The quantitative estimate of drug-likeness (QED) is 0.478. The van der Waals surface area contributed by atoms with Crippen molar-refractivity contribution in [2.75, 3.05) is 13.1 Å². The Hall–Kier alpha value is -2.93. The largest absolute Gasteiger partial charge is 0.450 e. The van der Waals surface area contributed by atoms with Crippen molar-refractivity contribution in [1.82, 2.24) is 9.88 Å². The van der Waals surface area contributed by atoms with Gasteiger partial charge in [0.05, 0.1) is 5.56 Å². The number of amides is 1. The number of hydrogen-bond donors (Lipinski definition) is 0. The zero-order chi connectivity index (χ0) is 20.5. The number of benzene rings is 1. The number of piperidine rings is 1. The van der Waals surface area contributed by atoms with Crippen LogP contribution in [-0.4, -0.2) is 46.5 Å². The van der Waals surface area contributed by atoms with E-state index in [1.54, 1.807) is 12.3 Å². The molecule has 152 valence electrons. The molecular formula is C22H18ClN3O4. The van der Waals surface area contributed by atoms with E-state index in [4.69, 9.17) is 21.1 Å². The van der Waals surface area contributed by atoms with Crippen LogP contribution in [0.25, 0.3) is 0 Å². The Morgan fingerprint density at radius 3 is 2.40 bits per heavy atom. The molecule has 30 heavy (non-hydrogen) atoms. The van der Waals surface area contributed by atoms with E-state index in [-0.39, 0.29) is 17.0 Å². The third kappa shape index (κ3) is 2.45. The standard InChI is InChI=1S/C22H18ClN3O4/c23-17-9-15-16(12-24-17)21(29-18(15)27)5-7-26(8-6-21)20-25-19(28)22(30-20)10-13-3-1-2-4-14(13)11-22/h1-4,9,12H,5-8,10-11H2. The highest BCUT2D eigenvalue weighted by atomic mass is 35.5. The fourth-order valence-electron chi connectivity index (χ4n) is 5.05. The second-order valence-electron chi connectivity index (χ2n) is 8.34. The van der Waals surface area contributed by atoms with Gasteiger partial charge in [-0.2, -0.15) is 4.99 Å². The second-order valence-corrected chi connectivity index (χ2v) is 8.73. The lowest BCUT2D eigenvalue weighted by Gasteiger charge is -2.39. The van der Waals surface area contributed by atoms with Crippen LogP contribution < -0.4 is 0 Å². The lowest BCUT2D eigenvalue weighted by Crippen LogP contribution is -2.47. The highest BCUT2D eigenvalue weighted by Crippen LogP contribution is 2.45. The van der Waals surface area contributed by atoms with Crippen LogP contribution in [0.3, 0.4) is 0 Å². The first kappa shape index (κ1) is 17.9. The Labute approximate surface area is 177 Å². The summed E-state index contributed by atoms with van der Waals surface area (Å²) in [6, 6.07) is 9.97. The Morgan fingerprint density at radius 1 is 1.00 bits per heavy atom. The predicted molar refractivity (Wildman–Crippen MR) is 107 cm³/mol. The number of fused-ring (bicyclic) bond motifs is 3. The van der Waals surface area contributed by atoms with Crippen LogP contribution in [-0.2, 0) is 32.7 Å². The molecule has 1 aromatic heterocycles. The first-order valence-electron chi connectivity index (χ1n) is 10.0. The topological polar surface area (TPSA) is 81.1 Å². The number of aromatic nitrogens is 1. The van der Waals surface area contributed by atoms with Crippen molar-refractivity contribution in [2.24, 2.45) is 4.99 Å². The molecule has 1 saturated heterocycles. The van der Waals surface area contributed by atoms with Gasteiger partial charge in [-0.15, -0.1) is 0 Å². The van der Waals surface area contributed by atoms with E-state index >= 15 is 0 Å². The Kier molecular flexibility index (Phi) is 3.60. The molecule has 2 aromatic rings. The van der Waals surface area contributed by atoms with E-state index in [2.05, 4.69) is 9.98 Å². The lowest BCUT2D eigenvalue weighted by molar-refractivity contribution is -0.130. The maximum absolute atomic E-state index is 12.8. The highest BCUT2D eigenvalue weighted by molar-refractivity contribution is 6.29. The van der Waals surface area contributed by atoms with Crippen LogP contribution in [0.2, 0.25) is 5.15 Å². The first-order valence-corrected chi connectivity index (χ1v) is 10.4. The molecule has 0 bridgehead atoms. The van der Waals surface area contributed by atoms with Gasteiger partial charge in [-0.3, -0.25) is 4.79 Å². The van der Waals surface area contributed by atoms with E-state index in [1.165, 1.54) is 0 Å². The molecule has 3 aliphatic heterocycles. The summed E-state index contributed by atoms with van der Waals surface area (Å²) in [5.74, 6) is -0.583. The van der Waals surface area contributed by atoms with Crippen molar-refractivity contribution in [3.8, 4) is 0 Å².